The highest BCUT2D eigenvalue weighted by atomic mass is 19.4. The Morgan fingerprint density at radius 3 is 2.55 bits per heavy atom. The summed E-state index contributed by atoms with van der Waals surface area (Å²) in [5.74, 6) is 0.123. The summed E-state index contributed by atoms with van der Waals surface area (Å²) >= 11 is 0. The van der Waals surface area contributed by atoms with Gasteiger partial charge in [0.2, 0.25) is 0 Å². The number of alkyl halides is 3. The predicted molar refractivity (Wildman–Crippen MR) is 141 cm³/mol. The van der Waals surface area contributed by atoms with Crippen molar-refractivity contribution < 1.29 is 27.8 Å². The van der Waals surface area contributed by atoms with E-state index >= 15 is 0 Å². The molecule has 1 unspecified atom stereocenters. The van der Waals surface area contributed by atoms with Gasteiger partial charge in [-0.1, -0.05) is 50.2 Å². The average Bonchev–Trinajstić information content (AvgIpc) is 2.89. The fourth-order valence-corrected chi connectivity index (χ4v) is 6.45. The molecule has 4 rings (SSSR count). The van der Waals surface area contributed by atoms with E-state index in [0.29, 0.717) is 31.6 Å². The molecule has 0 saturated heterocycles. The van der Waals surface area contributed by atoms with Gasteiger partial charge in [0.05, 0.1) is 0 Å². The molecule has 8 heteroatoms. The molecule has 2 aliphatic carbocycles. The number of ether oxygens (including phenoxy) is 1. The average molecular weight is 533 g/mol. The largest absolute Gasteiger partial charge is 0.417 e. The van der Waals surface area contributed by atoms with Crippen LogP contribution in [0.5, 0.6) is 5.75 Å². The first-order valence-electron chi connectivity index (χ1n) is 13.7. The second-order valence-electron chi connectivity index (χ2n) is 10.8. The van der Waals surface area contributed by atoms with Gasteiger partial charge in [0, 0.05) is 12.0 Å². The molecule has 0 radical (unpaired) electrons. The van der Waals surface area contributed by atoms with E-state index in [1.54, 1.807) is 6.07 Å². The smallest absolute Gasteiger partial charge is 0.410 e. The number of halogens is 3. The summed E-state index contributed by atoms with van der Waals surface area (Å²) in [5, 5.41) is 13.4. The molecule has 2 N–H and O–H groups in total. The van der Waals surface area contributed by atoms with Crippen molar-refractivity contribution in [3.05, 3.63) is 65.2 Å². The highest BCUT2D eigenvalue weighted by Crippen LogP contribution is 2.57. The van der Waals surface area contributed by atoms with Gasteiger partial charge >= 0.3 is 12.3 Å². The predicted octanol–water partition coefficient (Wildman–Crippen LogP) is 6.03. The lowest BCUT2D eigenvalue weighted by Crippen LogP contribution is -2.56. The first-order valence-corrected chi connectivity index (χ1v) is 13.7. The standard InChI is InChI=1S/C30H39F3N2O3/c1-3-35(4-2)18-8-17-34-27(36)38-25-13-14-26-23(19-25)11-12-24-21-29(37,30(31,32)33)16-15-28(24,26)20-22-9-6-5-7-10-22/h5-7,9-10,13-14,19,24,37H,3-4,8,11-12,15-18,20-21H2,1-2H3,(H,34,36)/t24?,28-,29+/m0/s1. The van der Waals surface area contributed by atoms with Crippen LogP contribution in [0.3, 0.4) is 0 Å². The van der Waals surface area contributed by atoms with Crippen molar-refractivity contribution in [1.29, 1.82) is 0 Å². The van der Waals surface area contributed by atoms with Crippen LogP contribution in [0, 0.1) is 5.92 Å². The second kappa shape index (κ2) is 11.7. The third kappa shape index (κ3) is 6.01. The number of fused-ring (bicyclic) bond motifs is 3. The maximum atomic E-state index is 13.8. The van der Waals surface area contributed by atoms with Gasteiger partial charge < -0.3 is 20.1 Å². The molecule has 3 atom stereocenters. The first-order chi connectivity index (χ1) is 18.1. The highest BCUT2D eigenvalue weighted by Gasteiger charge is 2.61. The summed E-state index contributed by atoms with van der Waals surface area (Å²) in [5.41, 5.74) is -0.0955. The molecule has 0 aromatic heterocycles. The van der Waals surface area contributed by atoms with E-state index in [1.807, 2.05) is 42.5 Å². The number of nitrogens with zero attached hydrogens (tertiary/aromatic N) is 1. The zero-order chi connectivity index (χ0) is 27.4. The first kappa shape index (κ1) is 28.4. The van der Waals surface area contributed by atoms with Crippen LogP contribution < -0.4 is 10.1 Å². The Hall–Kier alpha value is -2.58. The molecule has 1 saturated carbocycles. The lowest BCUT2D eigenvalue weighted by atomic mass is 9.52. The van der Waals surface area contributed by atoms with Crippen molar-refractivity contribution in [3.63, 3.8) is 0 Å². The normalized spacial score (nSPS) is 25.0. The minimum Gasteiger partial charge on any atom is -0.410 e. The summed E-state index contributed by atoms with van der Waals surface area (Å²) in [4.78, 5) is 14.7. The maximum Gasteiger partial charge on any atom is 0.417 e. The minimum atomic E-state index is -4.65. The van der Waals surface area contributed by atoms with E-state index < -0.39 is 23.3 Å². The van der Waals surface area contributed by atoms with E-state index in [2.05, 4.69) is 24.1 Å². The highest BCUT2D eigenvalue weighted by molar-refractivity contribution is 5.70. The summed E-state index contributed by atoms with van der Waals surface area (Å²) < 4.78 is 46.9. The molecule has 0 heterocycles. The number of benzene rings is 2. The van der Waals surface area contributed by atoms with Gasteiger partial charge in [0.15, 0.2) is 5.60 Å². The van der Waals surface area contributed by atoms with Crippen LogP contribution in [0.1, 0.15) is 62.6 Å². The maximum absolute atomic E-state index is 13.8. The molecule has 0 aliphatic heterocycles. The van der Waals surface area contributed by atoms with Crippen LogP contribution in [0.4, 0.5) is 18.0 Å². The van der Waals surface area contributed by atoms with Crippen molar-refractivity contribution in [3.8, 4) is 5.75 Å². The van der Waals surface area contributed by atoms with Crippen molar-refractivity contribution in [2.24, 2.45) is 5.92 Å². The number of nitrogens with one attached hydrogen (secondary N) is 1. The fraction of sp³-hybridized carbons (Fsp3) is 0.567. The Labute approximate surface area is 223 Å². The third-order valence-electron chi connectivity index (χ3n) is 8.64. The SMILES string of the molecule is CCN(CC)CCCNC(=O)Oc1ccc2c(c1)CCC1C[C@@](O)(C(F)(F)F)CC[C@@]21Cc1ccccc1. The van der Waals surface area contributed by atoms with E-state index in [4.69, 9.17) is 4.74 Å². The number of aliphatic hydroxyl groups is 1. The minimum absolute atomic E-state index is 0.239. The van der Waals surface area contributed by atoms with E-state index in [0.717, 1.165) is 42.7 Å². The lowest BCUT2D eigenvalue weighted by molar-refractivity contribution is -0.279. The Morgan fingerprint density at radius 1 is 1.13 bits per heavy atom. The molecule has 38 heavy (non-hydrogen) atoms. The molecule has 1 fully saturated rings. The van der Waals surface area contributed by atoms with Crippen LogP contribution in [0.25, 0.3) is 0 Å². The van der Waals surface area contributed by atoms with Gasteiger partial charge in [-0.2, -0.15) is 13.2 Å². The lowest BCUT2D eigenvalue weighted by Gasteiger charge is -2.53. The van der Waals surface area contributed by atoms with E-state index in [1.165, 1.54) is 0 Å². The van der Waals surface area contributed by atoms with Crippen LogP contribution >= 0.6 is 0 Å². The van der Waals surface area contributed by atoms with Crippen LogP contribution in [-0.4, -0.2) is 54.1 Å². The van der Waals surface area contributed by atoms with Crippen LogP contribution in [-0.2, 0) is 18.3 Å². The number of carbonyl (C=O) groups is 1. The van der Waals surface area contributed by atoms with Gasteiger partial charge in [-0.15, -0.1) is 0 Å². The Balaban J connectivity index is 1.52. The van der Waals surface area contributed by atoms with E-state index in [9.17, 15) is 23.1 Å². The zero-order valence-corrected chi connectivity index (χ0v) is 22.3. The van der Waals surface area contributed by atoms with Gasteiger partial charge in [0.1, 0.15) is 5.75 Å². The molecular weight excluding hydrogens is 493 g/mol. The Bertz CT molecular complexity index is 1090. The molecule has 0 bridgehead atoms. The summed E-state index contributed by atoms with van der Waals surface area (Å²) in [7, 11) is 0. The quantitative estimate of drug-likeness (QED) is 0.388. The topological polar surface area (TPSA) is 61.8 Å². The van der Waals surface area contributed by atoms with E-state index in [-0.39, 0.29) is 25.2 Å². The summed E-state index contributed by atoms with van der Waals surface area (Å²) in [6.45, 7) is 7.58. The number of rotatable bonds is 9. The monoisotopic (exact) mass is 532 g/mol. The van der Waals surface area contributed by atoms with Crippen molar-refractivity contribution in [2.45, 2.75) is 76.0 Å². The molecule has 2 aliphatic rings. The molecule has 1 amide bonds. The van der Waals surface area contributed by atoms with Crippen LogP contribution in [0.2, 0.25) is 0 Å². The molecule has 208 valence electrons. The second-order valence-corrected chi connectivity index (χ2v) is 10.8. The summed E-state index contributed by atoms with van der Waals surface area (Å²) in [6, 6.07) is 15.3. The van der Waals surface area contributed by atoms with Gasteiger partial charge in [-0.3, -0.25) is 0 Å². The zero-order valence-electron chi connectivity index (χ0n) is 22.3. The number of aryl methyl sites for hydroxylation is 1. The molecule has 2 aromatic carbocycles. The Morgan fingerprint density at radius 2 is 1.87 bits per heavy atom. The number of carbonyl (C=O) groups excluding carboxylic acids is 1. The molecule has 2 aromatic rings. The number of hydrogen-bond donors (Lipinski definition) is 2. The molecular formula is C30H39F3N2O3. The van der Waals surface area contributed by atoms with Gasteiger partial charge in [-0.25, -0.2) is 4.79 Å². The van der Waals surface area contributed by atoms with Crippen molar-refractivity contribution in [1.82, 2.24) is 10.2 Å². The molecule has 5 nitrogen and oxygen atoms in total. The summed E-state index contributed by atoms with van der Waals surface area (Å²) in [6.07, 6.45) is -2.99. The third-order valence-corrected chi connectivity index (χ3v) is 8.64. The van der Waals surface area contributed by atoms with Gasteiger partial charge in [0.25, 0.3) is 0 Å². The fourth-order valence-electron chi connectivity index (χ4n) is 6.45. The Kier molecular flexibility index (Phi) is 8.72. The molecule has 0 spiro atoms. The van der Waals surface area contributed by atoms with Crippen molar-refractivity contribution in [2.75, 3.05) is 26.2 Å². The van der Waals surface area contributed by atoms with Crippen molar-refractivity contribution >= 4 is 6.09 Å². The number of amides is 1. The number of hydrogen-bond acceptors (Lipinski definition) is 4. The van der Waals surface area contributed by atoms with Gasteiger partial charge in [-0.05, 0) is 99.3 Å². The van der Waals surface area contributed by atoms with Crippen LogP contribution in [0.15, 0.2) is 48.5 Å².